The Morgan fingerprint density at radius 2 is 1.87 bits per heavy atom. The van der Waals surface area contributed by atoms with E-state index in [-0.39, 0.29) is 11.8 Å². The van der Waals surface area contributed by atoms with Gasteiger partial charge in [-0.2, -0.15) is 0 Å². The normalized spacial score (nSPS) is 18.3. The van der Waals surface area contributed by atoms with E-state index in [9.17, 15) is 13.6 Å². The molecule has 1 saturated heterocycles. The van der Waals surface area contributed by atoms with E-state index in [0.29, 0.717) is 25.1 Å². The van der Waals surface area contributed by atoms with Gasteiger partial charge in [-0.1, -0.05) is 30.3 Å². The van der Waals surface area contributed by atoms with Gasteiger partial charge in [-0.3, -0.25) is 4.79 Å². The van der Waals surface area contributed by atoms with Gasteiger partial charge in [0.1, 0.15) is 0 Å². The van der Waals surface area contributed by atoms with E-state index in [1.54, 1.807) is 6.07 Å². The molecule has 1 fully saturated rings. The monoisotopic (exact) mass is 316 g/mol. The molecule has 0 bridgehead atoms. The van der Waals surface area contributed by atoms with Crippen LogP contribution < -0.4 is 10.6 Å². The lowest BCUT2D eigenvalue weighted by Gasteiger charge is -2.16. The average Bonchev–Trinajstić information content (AvgIpc) is 2.76. The molecule has 1 atom stereocenters. The Labute approximate surface area is 133 Å². The van der Waals surface area contributed by atoms with Crippen LogP contribution in [-0.2, 0) is 11.2 Å². The number of benzene rings is 2. The van der Waals surface area contributed by atoms with Gasteiger partial charge in [-0.25, -0.2) is 8.78 Å². The van der Waals surface area contributed by atoms with Crippen molar-refractivity contribution in [2.75, 3.05) is 19.6 Å². The molecule has 2 N–H and O–H groups in total. The molecule has 1 aliphatic rings. The predicted octanol–water partition coefficient (Wildman–Crippen LogP) is 2.51. The Balaban J connectivity index is 1.91. The summed E-state index contributed by atoms with van der Waals surface area (Å²) in [4.78, 5) is 12.1. The van der Waals surface area contributed by atoms with Crippen molar-refractivity contribution in [1.82, 2.24) is 10.6 Å². The number of rotatable bonds is 3. The average molecular weight is 316 g/mol. The smallest absolute Gasteiger partial charge is 0.224 e. The quantitative estimate of drug-likeness (QED) is 0.913. The number of nitrogens with one attached hydrogen (secondary N) is 2. The molecule has 5 heteroatoms. The lowest BCUT2D eigenvalue weighted by molar-refractivity contribution is -0.124. The summed E-state index contributed by atoms with van der Waals surface area (Å²) in [6.07, 6.45) is 0.550. The zero-order chi connectivity index (χ0) is 16.2. The van der Waals surface area contributed by atoms with E-state index < -0.39 is 11.6 Å². The van der Waals surface area contributed by atoms with Crippen LogP contribution in [0.3, 0.4) is 0 Å². The molecule has 0 unspecified atom stereocenters. The summed E-state index contributed by atoms with van der Waals surface area (Å²) in [5.41, 5.74) is 2.38. The zero-order valence-electron chi connectivity index (χ0n) is 12.6. The third-order valence-electron chi connectivity index (χ3n) is 4.08. The number of hydrogen-bond donors (Lipinski definition) is 2. The number of carbonyl (C=O) groups excluding carboxylic acids is 1. The summed E-state index contributed by atoms with van der Waals surface area (Å²) in [5.74, 6) is -1.89. The molecule has 0 aliphatic carbocycles. The molecule has 1 heterocycles. The number of carbonyl (C=O) groups is 1. The van der Waals surface area contributed by atoms with Crippen molar-refractivity contribution in [3.8, 4) is 11.1 Å². The minimum absolute atomic E-state index is 0.0232. The highest BCUT2D eigenvalue weighted by Crippen LogP contribution is 2.27. The molecule has 2 aromatic carbocycles. The molecule has 23 heavy (non-hydrogen) atoms. The maximum Gasteiger partial charge on any atom is 0.224 e. The SMILES string of the molecule is O=C1NCCNC[C@H]1Cc1ccccc1-c1ccc(F)c(F)c1. The molecular formula is C18H18F2N2O. The fraction of sp³-hybridized carbons (Fsp3) is 0.278. The van der Waals surface area contributed by atoms with Crippen molar-refractivity contribution in [2.45, 2.75) is 6.42 Å². The van der Waals surface area contributed by atoms with Gasteiger partial charge in [0.25, 0.3) is 0 Å². The molecule has 120 valence electrons. The predicted molar refractivity (Wildman–Crippen MR) is 84.9 cm³/mol. The Morgan fingerprint density at radius 1 is 1.04 bits per heavy atom. The summed E-state index contributed by atoms with van der Waals surface area (Å²) in [7, 11) is 0. The molecular weight excluding hydrogens is 298 g/mol. The van der Waals surface area contributed by atoms with Gasteiger partial charge in [0.15, 0.2) is 11.6 Å². The van der Waals surface area contributed by atoms with Crippen LogP contribution in [0.4, 0.5) is 8.78 Å². The van der Waals surface area contributed by atoms with Crippen LogP contribution in [0.15, 0.2) is 42.5 Å². The van der Waals surface area contributed by atoms with Crippen LogP contribution in [0.2, 0.25) is 0 Å². The highest BCUT2D eigenvalue weighted by atomic mass is 19.2. The molecule has 0 aromatic heterocycles. The Morgan fingerprint density at radius 3 is 2.70 bits per heavy atom. The van der Waals surface area contributed by atoms with E-state index in [1.165, 1.54) is 6.07 Å². The van der Waals surface area contributed by atoms with E-state index in [4.69, 9.17) is 0 Å². The van der Waals surface area contributed by atoms with E-state index in [1.807, 2.05) is 24.3 Å². The lowest BCUT2D eigenvalue weighted by atomic mass is 9.91. The first-order valence-electron chi connectivity index (χ1n) is 7.67. The van der Waals surface area contributed by atoms with Gasteiger partial charge < -0.3 is 10.6 Å². The molecule has 0 spiro atoms. The molecule has 1 aliphatic heterocycles. The van der Waals surface area contributed by atoms with Crippen LogP contribution in [0, 0.1) is 17.6 Å². The first-order chi connectivity index (χ1) is 11.1. The van der Waals surface area contributed by atoms with Gasteiger partial charge in [-0.05, 0) is 35.2 Å². The molecule has 3 nitrogen and oxygen atoms in total. The molecule has 0 radical (unpaired) electrons. The van der Waals surface area contributed by atoms with Gasteiger partial charge in [0.2, 0.25) is 5.91 Å². The second kappa shape index (κ2) is 6.87. The molecule has 0 saturated carbocycles. The van der Waals surface area contributed by atoms with Crippen molar-refractivity contribution in [1.29, 1.82) is 0 Å². The zero-order valence-corrected chi connectivity index (χ0v) is 12.6. The largest absolute Gasteiger partial charge is 0.355 e. The highest BCUT2D eigenvalue weighted by molar-refractivity contribution is 5.80. The molecule has 2 aromatic rings. The minimum atomic E-state index is -0.869. The van der Waals surface area contributed by atoms with Crippen molar-refractivity contribution < 1.29 is 13.6 Å². The van der Waals surface area contributed by atoms with Crippen LogP contribution in [-0.4, -0.2) is 25.5 Å². The van der Waals surface area contributed by atoms with Crippen molar-refractivity contribution in [3.63, 3.8) is 0 Å². The summed E-state index contributed by atoms with van der Waals surface area (Å²) in [6.45, 7) is 1.99. The fourth-order valence-corrected chi connectivity index (χ4v) is 2.86. The molecule has 1 amide bonds. The van der Waals surface area contributed by atoms with Gasteiger partial charge >= 0.3 is 0 Å². The summed E-state index contributed by atoms with van der Waals surface area (Å²) >= 11 is 0. The third kappa shape index (κ3) is 3.56. The van der Waals surface area contributed by atoms with Crippen LogP contribution in [0.1, 0.15) is 5.56 Å². The second-order valence-electron chi connectivity index (χ2n) is 5.68. The van der Waals surface area contributed by atoms with E-state index >= 15 is 0 Å². The van der Waals surface area contributed by atoms with Gasteiger partial charge in [0.05, 0.1) is 5.92 Å². The Hall–Kier alpha value is -2.27. The second-order valence-corrected chi connectivity index (χ2v) is 5.68. The Kier molecular flexibility index (Phi) is 4.67. The number of amides is 1. The van der Waals surface area contributed by atoms with E-state index in [2.05, 4.69) is 10.6 Å². The Bertz CT molecular complexity index is 718. The topological polar surface area (TPSA) is 41.1 Å². The van der Waals surface area contributed by atoms with Gasteiger partial charge in [0, 0.05) is 19.6 Å². The summed E-state index contributed by atoms with van der Waals surface area (Å²) < 4.78 is 26.7. The van der Waals surface area contributed by atoms with Crippen LogP contribution in [0.25, 0.3) is 11.1 Å². The first kappa shape index (κ1) is 15.6. The van der Waals surface area contributed by atoms with Crippen LogP contribution in [0.5, 0.6) is 0 Å². The summed E-state index contributed by atoms with van der Waals surface area (Å²) in [6, 6.07) is 11.4. The fourth-order valence-electron chi connectivity index (χ4n) is 2.86. The van der Waals surface area contributed by atoms with Crippen molar-refractivity contribution in [2.24, 2.45) is 5.92 Å². The summed E-state index contributed by atoms with van der Waals surface area (Å²) in [5, 5.41) is 6.11. The van der Waals surface area contributed by atoms with Crippen molar-refractivity contribution >= 4 is 5.91 Å². The minimum Gasteiger partial charge on any atom is -0.355 e. The van der Waals surface area contributed by atoms with Gasteiger partial charge in [-0.15, -0.1) is 0 Å². The van der Waals surface area contributed by atoms with Crippen LogP contribution >= 0.6 is 0 Å². The van der Waals surface area contributed by atoms with Crippen molar-refractivity contribution in [3.05, 3.63) is 59.7 Å². The number of halogens is 2. The standard InChI is InChI=1S/C18H18F2N2O/c19-16-6-5-13(10-17(16)20)15-4-2-1-3-12(15)9-14-11-21-7-8-22-18(14)23/h1-6,10,14,21H,7-9,11H2,(H,22,23)/t14-/m1/s1. The maximum absolute atomic E-state index is 13.5. The third-order valence-corrected chi connectivity index (χ3v) is 4.08. The van der Waals surface area contributed by atoms with E-state index in [0.717, 1.165) is 23.7 Å². The highest BCUT2D eigenvalue weighted by Gasteiger charge is 2.22. The number of hydrogen-bond acceptors (Lipinski definition) is 2. The lowest BCUT2D eigenvalue weighted by Crippen LogP contribution is -2.32. The maximum atomic E-state index is 13.5. The molecule has 3 rings (SSSR count). The first-order valence-corrected chi connectivity index (χ1v) is 7.67.